The molecule has 18 heavy (non-hydrogen) atoms. The van der Waals surface area contributed by atoms with Crippen LogP contribution < -0.4 is 10.6 Å². The van der Waals surface area contributed by atoms with Crippen LogP contribution in [0.4, 0.5) is 5.69 Å². The summed E-state index contributed by atoms with van der Waals surface area (Å²) in [4.78, 5) is 2.39. The molecule has 0 aliphatic carbocycles. The fraction of sp³-hybridized carbons (Fsp3) is 0.600. The molecule has 3 nitrogen and oxygen atoms in total. The van der Waals surface area contributed by atoms with Crippen molar-refractivity contribution in [2.24, 2.45) is 11.1 Å². The first-order valence-corrected chi connectivity index (χ1v) is 6.70. The summed E-state index contributed by atoms with van der Waals surface area (Å²) in [6.07, 6.45) is 0. The second-order valence-electron chi connectivity index (χ2n) is 5.63. The molecule has 0 radical (unpaired) electrons. The molecule has 0 saturated carbocycles. The summed E-state index contributed by atoms with van der Waals surface area (Å²) >= 11 is 0. The number of anilines is 1. The third-order valence-corrected chi connectivity index (χ3v) is 3.92. The van der Waals surface area contributed by atoms with Crippen molar-refractivity contribution in [2.75, 3.05) is 31.2 Å². The maximum Gasteiger partial charge on any atom is 0.0624 e. The van der Waals surface area contributed by atoms with Gasteiger partial charge in [-0.2, -0.15) is 0 Å². The lowest BCUT2D eigenvalue weighted by atomic mass is 9.85. The van der Waals surface area contributed by atoms with Gasteiger partial charge in [-0.25, -0.2) is 0 Å². The van der Waals surface area contributed by atoms with Crippen LogP contribution in [0.25, 0.3) is 0 Å². The molecule has 1 aliphatic rings. The largest absolute Gasteiger partial charge is 0.379 e. The number of rotatable bonds is 4. The van der Waals surface area contributed by atoms with Crippen molar-refractivity contribution < 1.29 is 4.74 Å². The maximum absolute atomic E-state index is 6.17. The van der Waals surface area contributed by atoms with Crippen LogP contribution in [0.5, 0.6) is 0 Å². The van der Waals surface area contributed by atoms with Gasteiger partial charge in [-0.3, -0.25) is 0 Å². The Bertz CT molecular complexity index is 407. The summed E-state index contributed by atoms with van der Waals surface area (Å²) in [6.45, 7) is 9.93. The molecule has 3 heteroatoms. The van der Waals surface area contributed by atoms with E-state index in [1.165, 1.54) is 11.3 Å². The normalized spacial score (nSPS) is 27.4. The van der Waals surface area contributed by atoms with Crippen molar-refractivity contribution in [1.82, 2.24) is 0 Å². The summed E-state index contributed by atoms with van der Waals surface area (Å²) in [5, 5.41) is 0. The summed E-state index contributed by atoms with van der Waals surface area (Å²) in [5.41, 5.74) is 8.80. The summed E-state index contributed by atoms with van der Waals surface area (Å²) in [6, 6.07) is 8.77. The molecule has 0 aromatic heterocycles. The zero-order valence-corrected chi connectivity index (χ0v) is 11.6. The van der Waals surface area contributed by atoms with E-state index in [1.54, 1.807) is 0 Å². The van der Waals surface area contributed by atoms with Crippen molar-refractivity contribution in [1.29, 1.82) is 0 Å². The molecule has 0 bridgehead atoms. The van der Waals surface area contributed by atoms with Crippen LogP contribution in [0.15, 0.2) is 24.3 Å². The van der Waals surface area contributed by atoms with Gasteiger partial charge in [0.1, 0.15) is 0 Å². The third-order valence-electron chi connectivity index (χ3n) is 3.92. The van der Waals surface area contributed by atoms with Crippen LogP contribution in [-0.2, 0) is 4.74 Å². The van der Waals surface area contributed by atoms with E-state index in [-0.39, 0.29) is 11.5 Å². The highest BCUT2D eigenvalue weighted by atomic mass is 16.5. The van der Waals surface area contributed by atoms with E-state index in [2.05, 4.69) is 49.9 Å². The molecular weight excluding hydrogens is 224 g/mol. The monoisotopic (exact) mass is 248 g/mol. The van der Waals surface area contributed by atoms with Crippen LogP contribution in [0.2, 0.25) is 0 Å². The Morgan fingerprint density at radius 2 is 2.28 bits per heavy atom. The molecular formula is C15H24N2O. The number of ether oxygens (including phenoxy) is 1. The van der Waals surface area contributed by atoms with Gasteiger partial charge in [0.05, 0.1) is 13.2 Å². The lowest BCUT2D eigenvalue weighted by molar-refractivity contribution is 0.161. The molecule has 1 aromatic rings. The van der Waals surface area contributed by atoms with Crippen molar-refractivity contribution in [3.05, 3.63) is 29.8 Å². The minimum Gasteiger partial charge on any atom is -0.379 e. The highest BCUT2D eigenvalue weighted by Crippen LogP contribution is 2.30. The minimum absolute atomic E-state index is 0.0553. The van der Waals surface area contributed by atoms with Gasteiger partial charge in [0, 0.05) is 30.2 Å². The molecule has 0 amide bonds. The average molecular weight is 248 g/mol. The number of hydrogen-bond donors (Lipinski definition) is 1. The SMILES string of the molecule is CCN(CC1(C)COCC1N)c1cccc(C)c1. The fourth-order valence-electron chi connectivity index (χ4n) is 2.54. The van der Waals surface area contributed by atoms with Gasteiger partial charge in [0.25, 0.3) is 0 Å². The van der Waals surface area contributed by atoms with E-state index in [0.717, 1.165) is 19.7 Å². The fourth-order valence-corrected chi connectivity index (χ4v) is 2.54. The van der Waals surface area contributed by atoms with Crippen LogP contribution in [0.1, 0.15) is 19.4 Å². The van der Waals surface area contributed by atoms with E-state index >= 15 is 0 Å². The summed E-state index contributed by atoms with van der Waals surface area (Å²) < 4.78 is 5.53. The van der Waals surface area contributed by atoms with E-state index < -0.39 is 0 Å². The topological polar surface area (TPSA) is 38.5 Å². The van der Waals surface area contributed by atoms with Crippen LogP contribution in [0, 0.1) is 12.3 Å². The van der Waals surface area contributed by atoms with E-state index in [9.17, 15) is 0 Å². The van der Waals surface area contributed by atoms with Crippen molar-refractivity contribution in [3.63, 3.8) is 0 Å². The molecule has 2 N–H and O–H groups in total. The number of aryl methyl sites for hydroxylation is 1. The average Bonchev–Trinajstić information content (AvgIpc) is 2.67. The third kappa shape index (κ3) is 2.68. The second kappa shape index (κ2) is 5.29. The predicted octanol–water partition coefficient (Wildman–Crippen LogP) is 2.19. The van der Waals surface area contributed by atoms with Crippen LogP contribution in [0.3, 0.4) is 0 Å². The first kappa shape index (κ1) is 13.4. The molecule has 1 aliphatic heterocycles. The van der Waals surface area contributed by atoms with Gasteiger partial charge >= 0.3 is 0 Å². The molecule has 0 spiro atoms. The zero-order chi connectivity index (χ0) is 13.2. The summed E-state index contributed by atoms with van der Waals surface area (Å²) in [7, 11) is 0. The molecule has 1 saturated heterocycles. The van der Waals surface area contributed by atoms with Gasteiger partial charge in [-0.15, -0.1) is 0 Å². The lowest BCUT2D eigenvalue weighted by Gasteiger charge is -2.35. The van der Waals surface area contributed by atoms with Crippen molar-refractivity contribution in [3.8, 4) is 0 Å². The highest BCUT2D eigenvalue weighted by Gasteiger charge is 2.38. The number of nitrogens with two attached hydrogens (primary N) is 1. The van der Waals surface area contributed by atoms with Gasteiger partial charge in [-0.1, -0.05) is 19.1 Å². The Labute approximate surface area is 110 Å². The molecule has 2 atom stereocenters. The van der Waals surface area contributed by atoms with Crippen LogP contribution >= 0.6 is 0 Å². The van der Waals surface area contributed by atoms with E-state index in [1.807, 2.05) is 0 Å². The van der Waals surface area contributed by atoms with E-state index in [0.29, 0.717) is 6.61 Å². The van der Waals surface area contributed by atoms with E-state index in [4.69, 9.17) is 10.5 Å². The number of hydrogen-bond acceptors (Lipinski definition) is 3. The van der Waals surface area contributed by atoms with Crippen molar-refractivity contribution >= 4 is 5.69 Å². The maximum atomic E-state index is 6.17. The summed E-state index contributed by atoms with van der Waals surface area (Å²) in [5.74, 6) is 0. The highest BCUT2D eigenvalue weighted by molar-refractivity contribution is 5.48. The molecule has 1 heterocycles. The number of nitrogens with zero attached hydrogens (tertiary/aromatic N) is 1. The van der Waals surface area contributed by atoms with Gasteiger partial charge in [-0.05, 0) is 31.5 Å². The number of benzene rings is 1. The smallest absolute Gasteiger partial charge is 0.0624 e. The van der Waals surface area contributed by atoms with Gasteiger partial charge < -0.3 is 15.4 Å². The van der Waals surface area contributed by atoms with Crippen LogP contribution in [-0.4, -0.2) is 32.3 Å². The first-order chi connectivity index (χ1) is 8.55. The Kier molecular flexibility index (Phi) is 3.93. The van der Waals surface area contributed by atoms with Crippen molar-refractivity contribution in [2.45, 2.75) is 26.8 Å². The lowest BCUT2D eigenvalue weighted by Crippen LogP contribution is -2.47. The Morgan fingerprint density at radius 1 is 1.50 bits per heavy atom. The standard InChI is InChI=1S/C15H24N2O/c1-4-17(13-7-5-6-12(2)8-13)10-15(3)11-18-9-14(15)16/h5-8,14H,4,9-11,16H2,1-3H3. The Balaban J connectivity index is 2.15. The Hall–Kier alpha value is -1.06. The predicted molar refractivity (Wildman–Crippen MR) is 76.0 cm³/mol. The quantitative estimate of drug-likeness (QED) is 0.887. The molecule has 1 fully saturated rings. The molecule has 2 unspecified atom stereocenters. The van der Waals surface area contributed by atoms with Gasteiger partial charge in [0.2, 0.25) is 0 Å². The Morgan fingerprint density at radius 3 is 2.83 bits per heavy atom. The molecule has 1 aromatic carbocycles. The zero-order valence-electron chi connectivity index (χ0n) is 11.6. The molecule has 2 rings (SSSR count). The molecule has 100 valence electrons. The first-order valence-electron chi connectivity index (χ1n) is 6.70. The van der Waals surface area contributed by atoms with Gasteiger partial charge in [0.15, 0.2) is 0 Å². The second-order valence-corrected chi connectivity index (χ2v) is 5.63. The minimum atomic E-state index is 0.0553.